The van der Waals surface area contributed by atoms with Gasteiger partial charge in [-0.2, -0.15) is 0 Å². The lowest BCUT2D eigenvalue weighted by molar-refractivity contribution is -0.116. The third-order valence-electron chi connectivity index (χ3n) is 1.49. The molecule has 0 aliphatic heterocycles. The fourth-order valence-corrected chi connectivity index (χ4v) is 1.23. The van der Waals surface area contributed by atoms with Crippen molar-refractivity contribution in [2.75, 3.05) is 0 Å². The summed E-state index contributed by atoms with van der Waals surface area (Å²) < 4.78 is 12.6. The van der Waals surface area contributed by atoms with Gasteiger partial charge in [0.05, 0.1) is 0 Å². The third-order valence-corrected chi connectivity index (χ3v) is 1.90. The molecule has 0 bridgehead atoms. The van der Waals surface area contributed by atoms with E-state index in [1.807, 2.05) is 0 Å². The minimum absolute atomic E-state index is 0.0527. The monoisotopic (exact) mass is 184 g/mol. The molecular formula is C9H9FOS. The van der Waals surface area contributed by atoms with Gasteiger partial charge >= 0.3 is 0 Å². The van der Waals surface area contributed by atoms with Crippen LogP contribution in [-0.2, 0) is 11.2 Å². The van der Waals surface area contributed by atoms with Gasteiger partial charge in [0, 0.05) is 11.3 Å². The van der Waals surface area contributed by atoms with Crippen LogP contribution >= 0.6 is 12.6 Å². The quantitative estimate of drug-likeness (QED) is 0.697. The average molecular weight is 184 g/mol. The smallest absolute Gasteiger partial charge is 0.134 e. The molecule has 3 heteroatoms. The lowest BCUT2D eigenvalue weighted by Crippen LogP contribution is -1.97. The molecule has 1 rings (SSSR count). The first-order chi connectivity index (χ1) is 5.59. The second-order valence-electron chi connectivity index (χ2n) is 2.65. The predicted octanol–water partition coefficient (Wildman–Crippen LogP) is 2.25. The summed E-state index contributed by atoms with van der Waals surface area (Å²) >= 11 is 4.05. The summed E-state index contributed by atoms with van der Waals surface area (Å²) in [5, 5.41) is 0. The standard InChI is InChI=1S/C9H9FOS/c1-6(11)4-7-2-3-8(10)5-9(7)12/h2-3,5,12H,4H2,1H3. The highest BCUT2D eigenvalue weighted by Crippen LogP contribution is 2.15. The van der Waals surface area contributed by atoms with Gasteiger partial charge in [0.2, 0.25) is 0 Å². The van der Waals surface area contributed by atoms with E-state index < -0.39 is 0 Å². The maximum Gasteiger partial charge on any atom is 0.134 e. The molecule has 0 saturated carbocycles. The Bertz CT molecular complexity index is 309. The van der Waals surface area contributed by atoms with Crippen LogP contribution in [0.25, 0.3) is 0 Å². The number of thiol groups is 1. The Hall–Kier alpha value is -0.830. The molecule has 0 saturated heterocycles. The number of carbonyl (C=O) groups excluding carboxylic acids is 1. The van der Waals surface area contributed by atoms with E-state index in [1.54, 1.807) is 6.07 Å². The molecule has 0 aliphatic carbocycles. The molecule has 12 heavy (non-hydrogen) atoms. The van der Waals surface area contributed by atoms with Crippen molar-refractivity contribution in [3.8, 4) is 0 Å². The summed E-state index contributed by atoms with van der Waals surface area (Å²) in [4.78, 5) is 11.3. The third kappa shape index (κ3) is 2.34. The Morgan fingerprint density at radius 1 is 1.58 bits per heavy atom. The topological polar surface area (TPSA) is 17.1 Å². The predicted molar refractivity (Wildman–Crippen MR) is 48.0 cm³/mol. The van der Waals surface area contributed by atoms with Crippen molar-refractivity contribution < 1.29 is 9.18 Å². The van der Waals surface area contributed by atoms with Gasteiger partial charge in [-0.1, -0.05) is 6.07 Å². The molecular weight excluding hydrogens is 175 g/mol. The molecule has 0 spiro atoms. The second-order valence-corrected chi connectivity index (χ2v) is 3.13. The Kier molecular flexibility index (Phi) is 2.87. The molecule has 0 amide bonds. The Labute approximate surface area is 76.0 Å². The average Bonchev–Trinajstić information content (AvgIpc) is 1.94. The van der Waals surface area contributed by atoms with Crippen LogP contribution in [0.15, 0.2) is 23.1 Å². The van der Waals surface area contributed by atoms with Crippen molar-refractivity contribution in [3.63, 3.8) is 0 Å². The van der Waals surface area contributed by atoms with E-state index in [-0.39, 0.29) is 11.6 Å². The Morgan fingerprint density at radius 2 is 2.25 bits per heavy atom. The van der Waals surface area contributed by atoms with E-state index in [0.717, 1.165) is 5.56 Å². The molecule has 1 aromatic rings. The zero-order valence-corrected chi connectivity index (χ0v) is 7.57. The number of rotatable bonds is 2. The highest BCUT2D eigenvalue weighted by molar-refractivity contribution is 7.80. The van der Waals surface area contributed by atoms with Crippen molar-refractivity contribution in [3.05, 3.63) is 29.6 Å². The Balaban J connectivity index is 2.93. The fourth-order valence-electron chi connectivity index (χ4n) is 0.955. The lowest BCUT2D eigenvalue weighted by atomic mass is 10.1. The summed E-state index contributed by atoms with van der Waals surface area (Å²) in [5.74, 6) is -0.274. The van der Waals surface area contributed by atoms with Crippen molar-refractivity contribution in [1.29, 1.82) is 0 Å². The van der Waals surface area contributed by atoms with Crippen molar-refractivity contribution in [1.82, 2.24) is 0 Å². The molecule has 0 aliphatic rings. The molecule has 64 valence electrons. The van der Waals surface area contributed by atoms with Crippen molar-refractivity contribution in [2.24, 2.45) is 0 Å². The van der Waals surface area contributed by atoms with Crippen LogP contribution in [0.1, 0.15) is 12.5 Å². The van der Waals surface area contributed by atoms with E-state index in [0.29, 0.717) is 11.3 Å². The van der Waals surface area contributed by atoms with E-state index >= 15 is 0 Å². The summed E-state index contributed by atoms with van der Waals surface area (Å²) in [5.41, 5.74) is 0.771. The SMILES string of the molecule is CC(=O)Cc1ccc(F)cc1S. The molecule has 0 radical (unpaired) electrons. The minimum Gasteiger partial charge on any atom is -0.300 e. The number of carbonyl (C=O) groups is 1. The molecule has 0 heterocycles. The molecule has 0 fully saturated rings. The second kappa shape index (κ2) is 3.72. The molecule has 0 atom stereocenters. The number of ketones is 1. The Morgan fingerprint density at radius 3 is 2.75 bits per heavy atom. The van der Waals surface area contributed by atoms with Crippen LogP contribution in [0.4, 0.5) is 4.39 Å². The van der Waals surface area contributed by atoms with E-state index in [4.69, 9.17) is 0 Å². The summed E-state index contributed by atoms with van der Waals surface area (Å²) in [6, 6.07) is 4.22. The maximum atomic E-state index is 12.6. The van der Waals surface area contributed by atoms with Crippen molar-refractivity contribution in [2.45, 2.75) is 18.2 Å². The molecule has 0 N–H and O–H groups in total. The van der Waals surface area contributed by atoms with Gasteiger partial charge in [-0.3, -0.25) is 4.79 Å². The first kappa shape index (κ1) is 9.26. The van der Waals surface area contributed by atoms with Gasteiger partial charge in [0.15, 0.2) is 0 Å². The lowest BCUT2D eigenvalue weighted by Gasteiger charge is -2.01. The summed E-state index contributed by atoms with van der Waals surface area (Å²) in [6.45, 7) is 1.50. The van der Waals surface area contributed by atoms with Crippen LogP contribution in [0, 0.1) is 5.82 Å². The highest BCUT2D eigenvalue weighted by atomic mass is 32.1. The minimum atomic E-state index is -0.327. The van der Waals surface area contributed by atoms with Crippen LogP contribution in [-0.4, -0.2) is 5.78 Å². The molecule has 0 unspecified atom stereocenters. The first-order valence-electron chi connectivity index (χ1n) is 3.56. The van der Waals surface area contributed by atoms with Crippen LogP contribution in [0.2, 0.25) is 0 Å². The molecule has 1 nitrogen and oxygen atoms in total. The largest absolute Gasteiger partial charge is 0.300 e. The van der Waals surface area contributed by atoms with E-state index in [9.17, 15) is 9.18 Å². The number of hydrogen-bond acceptors (Lipinski definition) is 2. The zero-order chi connectivity index (χ0) is 9.14. The van der Waals surface area contributed by atoms with Gasteiger partial charge in [-0.25, -0.2) is 4.39 Å². The fraction of sp³-hybridized carbons (Fsp3) is 0.222. The maximum absolute atomic E-state index is 12.6. The van der Waals surface area contributed by atoms with Gasteiger partial charge in [0.1, 0.15) is 11.6 Å². The van der Waals surface area contributed by atoms with Gasteiger partial charge < -0.3 is 0 Å². The van der Waals surface area contributed by atoms with Crippen LogP contribution < -0.4 is 0 Å². The van der Waals surface area contributed by atoms with Gasteiger partial charge in [-0.15, -0.1) is 12.6 Å². The summed E-state index contributed by atoms with van der Waals surface area (Å²) in [7, 11) is 0. The number of halogens is 1. The number of hydrogen-bond donors (Lipinski definition) is 1. The van der Waals surface area contributed by atoms with E-state index in [1.165, 1.54) is 19.1 Å². The summed E-state index contributed by atoms with van der Waals surface area (Å²) in [6.07, 6.45) is 0.319. The van der Waals surface area contributed by atoms with Gasteiger partial charge in [0.25, 0.3) is 0 Å². The van der Waals surface area contributed by atoms with Crippen LogP contribution in [0.3, 0.4) is 0 Å². The zero-order valence-electron chi connectivity index (χ0n) is 6.67. The van der Waals surface area contributed by atoms with Crippen LogP contribution in [0.5, 0.6) is 0 Å². The first-order valence-corrected chi connectivity index (χ1v) is 4.01. The molecule has 0 aromatic heterocycles. The number of benzene rings is 1. The highest BCUT2D eigenvalue weighted by Gasteiger charge is 2.02. The normalized spacial score (nSPS) is 9.92. The number of Topliss-reactive ketones (excluding diaryl/α,β-unsaturated/α-hetero) is 1. The molecule has 1 aromatic carbocycles. The van der Waals surface area contributed by atoms with Crippen molar-refractivity contribution >= 4 is 18.4 Å². The van der Waals surface area contributed by atoms with Gasteiger partial charge in [-0.05, 0) is 24.6 Å². The van der Waals surface area contributed by atoms with E-state index in [2.05, 4.69) is 12.6 Å².